The molecule has 0 aromatic heterocycles. The molecule has 1 atom stereocenters. The normalized spacial score (nSPS) is 17.5. The fraction of sp³-hybridized carbons (Fsp3) is 0.786. The van der Waals surface area contributed by atoms with Gasteiger partial charge in [-0.2, -0.15) is 0 Å². The van der Waals surface area contributed by atoms with E-state index in [0.717, 1.165) is 19.4 Å². The van der Waals surface area contributed by atoms with Crippen molar-refractivity contribution < 1.29 is 9.90 Å². The van der Waals surface area contributed by atoms with Crippen molar-refractivity contribution in [3.63, 3.8) is 0 Å². The van der Waals surface area contributed by atoms with E-state index in [-0.39, 0.29) is 5.91 Å². The van der Waals surface area contributed by atoms with E-state index < -0.39 is 6.10 Å². The molecule has 4 heteroatoms. The molecule has 18 heavy (non-hydrogen) atoms. The minimum Gasteiger partial charge on any atom is -0.392 e. The average molecular weight is 254 g/mol. The SMILES string of the molecule is CCN(C(=O)CN(C)CC(C)O)C1=CCCCC1. The lowest BCUT2D eigenvalue weighted by Crippen LogP contribution is -2.40. The molecule has 104 valence electrons. The molecule has 1 aliphatic rings. The highest BCUT2D eigenvalue weighted by Crippen LogP contribution is 2.20. The van der Waals surface area contributed by atoms with Crippen LogP contribution in [0.1, 0.15) is 39.5 Å². The number of amides is 1. The fourth-order valence-corrected chi connectivity index (χ4v) is 2.44. The summed E-state index contributed by atoms with van der Waals surface area (Å²) in [5.41, 5.74) is 1.18. The molecular weight excluding hydrogens is 228 g/mol. The number of nitrogens with zero attached hydrogens (tertiary/aromatic N) is 2. The minimum absolute atomic E-state index is 0.133. The molecule has 0 fully saturated rings. The van der Waals surface area contributed by atoms with E-state index >= 15 is 0 Å². The van der Waals surface area contributed by atoms with Gasteiger partial charge in [0.05, 0.1) is 12.6 Å². The van der Waals surface area contributed by atoms with Gasteiger partial charge < -0.3 is 10.0 Å². The van der Waals surface area contributed by atoms with Crippen LogP contribution in [0.4, 0.5) is 0 Å². The number of carbonyl (C=O) groups is 1. The topological polar surface area (TPSA) is 43.8 Å². The summed E-state index contributed by atoms with van der Waals surface area (Å²) in [4.78, 5) is 16.0. The summed E-state index contributed by atoms with van der Waals surface area (Å²) in [5, 5.41) is 9.30. The Morgan fingerprint density at radius 2 is 2.22 bits per heavy atom. The Labute approximate surface area is 110 Å². The highest BCUT2D eigenvalue weighted by molar-refractivity contribution is 5.80. The van der Waals surface area contributed by atoms with Gasteiger partial charge in [-0.3, -0.25) is 9.69 Å². The monoisotopic (exact) mass is 254 g/mol. The molecular formula is C14H26N2O2. The molecule has 1 rings (SSSR count). The van der Waals surface area contributed by atoms with Crippen molar-refractivity contribution in [1.82, 2.24) is 9.80 Å². The van der Waals surface area contributed by atoms with E-state index in [1.54, 1.807) is 6.92 Å². The van der Waals surface area contributed by atoms with Crippen molar-refractivity contribution in [2.24, 2.45) is 0 Å². The number of aliphatic hydroxyl groups is 1. The van der Waals surface area contributed by atoms with Gasteiger partial charge in [-0.1, -0.05) is 6.08 Å². The number of likely N-dealkylation sites (N-methyl/N-ethyl adjacent to an activating group) is 2. The number of rotatable bonds is 6. The highest BCUT2D eigenvalue weighted by atomic mass is 16.3. The largest absolute Gasteiger partial charge is 0.392 e. The predicted octanol–water partition coefficient (Wildman–Crippen LogP) is 1.61. The Hall–Kier alpha value is -0.870. The first kappa shape index (κ1) is 15.2. The second-order valence-electron chi connectivity index (χ2n) is 5.13. The maximum absolute atomic E-state index is 12.2. The molecule has 0 aromatic carbocycles. The van der Waals surface area contributed by atoms with Crippen LogP contribution in [0.5, 0.6) is 0 Å². The first-order valence-electron chi connectivity index (χ1n) is 6.90. The second-order valence-corrected chi connectivity index (χ2v) is 5.13. The number of aliphatic hydroxyl groups excluding tert-OH is 1. The summed E-state index contributed by atoms with van der Waals surface area (Å²) in [5.74, 6) is 0.133. The minimum atomic E-state index is -0.397. The average Bonchev–Trinajstić information content (AvgIpc) is 2.29. The van der Waals surface area contributed by atoms with E-state index in [2.05, 4.69) is 6.08 Å². The lowest BCUT2D eigenvalue weighted by atomic mass is 10.0. The fourth-order valence-electron chi connectivity index (χ4n) is 2.44. The van der Waals surface area contributed by atoms with Crippen LogP contribution in [0.3, 0.4) is 0 Å². The molecule has 0 aromatic rings. The maximum Gasteiger partial charge on any atom is 0.240 e. The summed E-state index contributed by atoms with van der Waals surface area (Å²) in [6.45, 7) is 5.38. The van der Waals surface area contributed by atoms with E-state index in [4.69, 9.17) is 0 Å². The highest BCUT2D eigenvalue weighted by Gasteiger charge is 2.19. The van der Waals surface area contributed by atoms with Gasteiger partial charge in [0.15, 0.2) is 0 Å². The van der Waals surface area contributed by atoms with Gasteiger partial charge in [0.2, 0.25) is 5.91 Å². The third kappa shape index (κ3) is 4.78. The van der Waals surface area contributed by atoms with Crippen LogP contribution in [-0.4, -0.2) is 53.6 Å². The molecule has 0 saturated heterocycles. The zero-order valence-electron chi connectivity index (χ0n) is 11.9. The first-order chi connectivity index (χ1) is 8.54. The molecule has 1 amide bonds. The van der Waals surface area contributed by atoms with E-state index in [1.807, 2.05) is 23.8 Å². The van der Waals surface area contributed by atoms with Gasteiger partial charge in [0, 0.05) is 18.8 Å². The van der Waals surface area contributed by atoms with Gasteiger partial charge in [-0.05, 0) is 46.6 Å². The van der Waals surface area contributed by atoms with Crippen LogP contribution in [0.25, 0.3) is 0 Å². The third-order valence-corrected chi connectivity index (χ3v) is 3.21. The Kier molecular flexibility index (Phi) is 6.36. The number of hydrogen-bond acceptors (Lipinski definition) is 3. The van der Waals surface area contributed by atoms with Crippen LogP contribution in [0.2, 0.25) is 0 Å². The molecule has 0 spiro atoms. The Balaban J connectivity index is 2.54. The molecule has 0 aliphatic heterocycles. The molecule has 4 nitrogen and oxygen atoms in total. The van der Waals surface area contributed by atoms with Crippen LogP contribution < -0.4 is 0 Å². The Morgan fingerprint density at radius 1 is 1.50 bits per heavy atom. The van der Waals surface area contributed by atoms with Gasteiger partial charge in [-0.15, -0.1) is 0 Å². The maximum atomic E-state index is 12.2. The van der Waals surface area contributed by atoms with E-state index in [9.17, 15) is 9.90 Å². The van der Waals surface area contributed by atoms with Gasteiger partial charge in [-0.25, -0.2) is 0 Å². The van der Waals surface area contributed by atoms with E-state index in [1.165, 1.54) is 18.5 Å². The van der Waals surface area contributed by atoms with Gasteiger partial charge in [0.25, 0.3) is 0 Å². The summed E-state index contributed by atoms with van der Waals surface area (Å²) in [6.07, 6.45) is 6.31. The lowest BCUT2D eigenvalue weighted by molar-refractivity contribution is -0.130. The van der Waals surface area contributed by atoms with Crippen molar-refractivity contribution in [3.05, 3.63) is 11.8 Å². The van der Waals surface area contributed by atoms with E-state index in [0.29, 0.717) is 13.1 Å². The van der Waals surface area contributed by atoms with Crippen LogP contribution >= 0.6 is 0 Å². The molecule has 1 N–H and O–H groups in total. The third-order valence-electron chi connectivity index (χ3n) is 3.21. The summed E-state index contributed by atoms with van der Waals surface area (Å²) in [7, 11) is 1.87. The van der Waals surface area contributed by atoms with Gasteiger partial charge >= 0.3 is 0 Å². The zero-order chi connectivity index (χ0) is 13.5. The summed E-state index contributed by atoms with van der Waals surface area (Å²) in [6, 6.07) is 0. The standard InChI is InChI=1S/C14H26N2O2/c1-4-16(13-8-6-5-7-9-13)14(18)11-15(3)10-12(2)17/h8,12,17H,4-7,9-11H2,1-3H3. The molecule has 0 radical (unpaired) electrons. The van der Waals surface area contributed by atoms with Crippen LogP contribution in [0.15, 0.2) is 11.8 Å². The zero-order valence-corrected chi connectivity index (χ0v) is 11.9. The van der Waals surface area contributed by atoms with Crippen molar-refractivity contribution in [3.8, 4) is 0 Å². The smallest absolute Gasteiger partial charge is 0.240 e. The lowest BCUT2D eigenvalue weighted by Gasteiger charge is -2.28. The number of carbonyl (C=O) groups excluding carboxylic acids is 1. The van der Waals surface area contributed by atoms with Crippen molar-refractivity contribution in [2.45, 2.75) is 45.6 Å². The van der Waals surface area contributed by atoms with Gasteiger partial charge in [0.1, 0.15) is 0 Å². The number of hydrogen-bond donors (Lipinski definition) is 1. The second kappa shape index (κ2) is 7.54. The molecule has 1 aliphatic carbocycles. The quantitative estimate of drug-likeness (QED) is 0.783. The van der Waals surface area contributed by atoms with Crippen LogP contribution in [0, 0.1) is 0 Å². The predicted molar refractivity (Wildman–Crippen MR) is 73.1 cm³/mol. The molecule has 0 heterocycles. The van der Waals surface area contributed by atoms with Crippen LogP contribution in [-0.2, 0) is 4.79 Å². The van der Waals surface area contributed by atoms with Crippen molar-refractivity contribution in [2.75, 3.05) is 26.7 Å². The summed E-state index contributed by atoms with van der Waals surface area (Å²) < 4.78 is 0. The first-order valence-corrected chi connectivity index (χ1v) is 6.90. The molecule has 0 saturated carbocycles. The Morgan fingerprint density at radius 3 is 2.72 bits per heavy atom. The van der Waals surface area contributed by atoms with Crippen molar-refractivity contribution >= 4 is 5.91 Å². The molecule has 0 bridgehead atoms. The van der Waals surface area contributed by atoms with Crippen molar-refractivity contribution in [1.29, 1.82) is 0 Å². The molecule has 1 unspecified atom stereocenters. The number of allylic oxidation sites excluding steroid dienone is 2. The summed E-state index contributed by atoms with van der Waals surface area (Å²) >= 11 is 0. The Bertz CT molecular complexity index is 300.